The van der Waals surface area contributed by atoms with Gasteiger partial charge in [0.25, 0.3) is 11.5 Å². The van der Waals surface area contributed by atoms with Crippen molar-refractivity contribution in [3.8, 4) is 5.75 Å². The molecule has 0 aliphatic rings. The van der Waals surface area contributed by atoms with E-state index >= 15 is 0 Å². The second-order valence-electron chi connectivity index (χ2n) is 4.12. The first-order valence-corrected chi connectivity index (χ1v) is 6.12. The number of aryl methyl sites for hydroxylation is 1. The van der Waals surface area contributed by atoms with Crippen LogP contribution in [-0.2, 0) is 6.61 Å². The van der Waals surface area contributed by atoms with Crippen LogP contribution in [-0.4, -0.2) is 15.9 Å². The van der Waals surface area contributed by atoms with Crippen LogP contribution in [0.3, 0.4) is 0 Å². The van der Waals surface area contributed by atoms with Crippen molar-refractivity contribution >= 4 is 17.5 Å². The van der Waals surface area contributed by atoms with Crippen LogP contribution < -0.4 is 16.0 Å². The number of carbonyl (C=O) groups is 1. The quantitative estimate of drug-likeness (QED) is 0.890. The molecule has 2 aromatic rings. The van der Waals surface area contributed by atoms with Gasteiger partial charge >= 0.3 is 0 Å². The molecule has 0 fully saturated rings. The molecule has 3 N–H and O–H groups in total. The standard InChI is InChI=1S/C13H12ClN3O3/c1-7-16-9(5-12(18)17-7)6-20-11-3-2-8(14)4-10(11)13(15)19/h2-5H,6H2,1H3,(H2,15,19)(H,16,17,18). The number of nitrogens with zero attached hydrogens (tertiary/aromatic N) is 1. The van der Waals surface area contributed by atoms with Gasteiger partial charge in [0, 0.05) is 11.1 Å². The van der Waals surface area contributed by atoms with Gasteiger partial charge in [0.2, 0.25) is 0 Å². The molecule has 104 valence electrons. The summed E-state index contributed by atoms with van der Waals surface area (Å²) < 4.78 is 5.47. The number of halogens is 1. The van der Waals surface area contributed by atoms with E-state index in [2.05, 4.69) is 9.97 Å². The zero-order valence-corrected chi connectivity index (χ0v) is 11.4. The molecule has 2 rings (SSSR count). The summed E-state index contributed by atoms with van der Waals surface area (Å²) in [5.41, 5.74) is 5.63. The Morgan fingerprint density at radius 3 is 2.85 bits per heavy atom. The second-order valence-corrected chi connectivity index (χ2v) is 4.55. The Labute approximate surface area is 119 Å². The zero-order chi connectivity index (χ0) is 14.7. The molecule has 0 saturated carbocycles. The van der Waals surface area contributed by atoms with Crippen molar-refractivity contribution < 1.29 is 9.53 Å². The molecule has 7 heteroatoms. The molecular formula is C13H12ClN3O3. The lowest BCUT2D eigenvalue weighted by atomic mass is 10.2. The molecule has 1 aromatic heterocycles. The number of aromatic nitrogens is 2. The van der Waals surface area contributed by atoms with Gasteiger partial charge in [0.15, 0.2) is 0 Å². The first-order valence-electron chi connectivity index (χ1n) is 5.74. The minimum atomic E-state index is -0.641. The summed E-state index contributed by atoms with van der Waals surface area (Å²) in [7, 11) is 0. The van der Waals surface area contributed by atoms with Crippen LogP contribution in [0.5, 0.6) is 5.75 Å². The van der Waals surface area contributed by atoms with Gasteiger partial charge < -0.3 is 15.5 Å². The van der Waals surface area contributed by atoms with Crippen molar-refractivity contribution in [2.24, 2.45) is 5.73 Å². The average Bonchev–Trinajstić information content (AvgIpc) is 2.36. The Morgan fingerprint density at radius 2 is 2.20 bits per heavy atom. The first-order chi connectivity index (χ1) is 9.45. The molecule has 20 heavy (non-hydrogen) atoms. The van der Waals surface area contributed by atoms with E-state index in [0.29, 0.717) is 22.3 Å². The minimum absolute atomic E-state index is 0.0483. The Kier molecular flexibility index (Phi) is 4.05. The van der Waals surface area contributed by atoms with E-state index in [9.17, 15) is 9.59 Å². The van der Waals surface area contributed by atoms with Crippen LogP contribution in [0.2, 0.25) is 5.02 Å². The van der Waals surface area contributed by atoms with Gasteiger partial charge in [0.05, 0.1) is 11.3 Å². The van der Waals surface area contributed by atoms with Crippen molar-refractivity contribution in [2.45, 2.75) is 13.5 Å². The zero-order valence-electron chi connectivity index (χ0n) is 10.6. The molecule has 1 aromatic carbocycles. The number of aromatic amines is 1. The summed E-state index contributed by atoms with van der Waals surface area (Å²) in [6, 6.07) is 5.88. The Balaban J connectivity index is 2.22. The van der Waals surface area contributed by atoms with Crippen molar-refractivity contribution in [3.63, 3.8) is 0 Å². The van der Waals surface area contributed by atoms with E-state index < -0.39 is 5.91 Å². The highest BCUT2D eigenvalue weighted by molar-refractivity contribution is 6.31. The van der Waals surface area contributed by atoms with Gasteiger partial charge in [-0.25, -0.2) is 4.98 Å². The van der Waals surface area contributed by atoms with Gasteiger partial charge in [-0.3, -0.25) is 9.59 Å². The summed E-state index contributed by atoms with van der Waals surface area (Å²) in [4.78, 5) is 29.3. The van der Waals surface area contributed by atoms with Gasteiger partial charge in [-0.1, -0.05) is 11.6 Å². The number of amides is 1. The maximum absolute atomic E-state index is 11.3. The molecule has 0 saturated heterocycles. The van der Waals surface area contributed by atoms with Crippen LogP contribution in [0.25, 0.3) is 0 Å². The number of hydrogen-bond donors (Lipinski definition) is 2. The van der Waals surface area contributed by atoms with Gasteiger partial charge in [-0.15, -0.1) is 0 Å². The topological polar surface area (TPSA) is 98.1 Å². The van der Waals surface area contributed by atoms with Crippen molar-refractivity contribution in [2.75, 3.05) is 0 Å². The number of carbonyl (C=O) groups excluding carboxylic acids is 1. The largest absolute Gasteiger partial charge is 0.486 e. The van der Waals surface area contributed by atoms with Crippen LogP contribution >= 0.6 is 11.6 Å². The predicted octanol–water partition coefficient (Wildman–Crippen LogP) is 1.41. The number of nitrogens with one attached hydrogen (secondary N) is 1. The fourth-order valence-electron chi connectivity index (χ4n) is 1.69. The molecule has 0 atom stereocenters. The van der Waals surface area contributed by atoms with Gasteiger partial charge in [-0.05, 0) is 25.1 Å². The lowest BCUT2D eigenvalue weighted by molar-refractivity contribution is 0.0996. The Morgan fingerprint density at radius 1 is 1.45 bits per heavy atom. The molecule has 0 aliphatic carbocycles. The highest BCUT2D eigenvalue weighted by atomic mass is 35.5. The number of rotatable bonds is 4. The predicted molar refractivity (Wildman–Crippen MR) is 73.9 cm³/mol. The molecule has 0 bridgehead atoms. The summed E-state index contributed by atoms with van der Waals surface area (Å²) in [6.07, 6.45) is 0. The third-order valence-corrected chi connectivity index (χ3v) is 2.73. The number of primary amides is 1. The normalized spacial score (nSPS) is 10.3. The maximum Gasteiger partial charge on any atom is 0.252 e. The summed E-state index contributed by atoms with van der Waals surface area (Å²) >= 11 is 5.80. The van der Waals surface area contributed by atoms with E-state index in [4.69, 9.17) is 22.1 Å². The van der Waals surface area contributed by atoms with Crippen LogP contribution in [0.1, 0.15) is 21.9 Å². The van der Waals surface area contributed by atoms with E-state index in [-0.39, 0.29) is 17.7 Å². The van der Waals surface area contributed by atoms with E-state index in [1.54, 1.807) is 19.1 Å². The first kappa shape index (κ1) is 14.1. The van der Waals surface area contributed by atoms with Crippen molar-refractivity contribution in [1.29, 1.82) is 0 Å². The van der Waals surface area contributed by atoms with Crippen LogP contribution in [0, 0.1) is 6.92 Å². The monoisotopic (exact) mass is 293 g/mol. The summed E-state index contributed by atoms with van der Waals surface area (Å²) in [5, 5.41) is 0.385. The highest BCUT2D eigenvalue weighted by Gasteiger charge is 2.11. The van der Waals surface area contributed by atoms with Gasteiger partial charge in [0.1, 0.15) is 18.2 Å². The molecule has 0 aliphatic heterocycles. The Hall–Kier alpha value is -2.34. The van der Waals surface area contributed by atoms with E-state index in [0.717, 1.165) is 0 Å². The second kappa shape index (κ2) is 5.75. The number of hydrogen-bond acceptors (Lipinski definition) is 4. The SMILES string of the molecule is Cc1nc(COc2ccc(Cl)cc2C(N)=O)cc(=O)[nH]1. The van der Waals surface area contributed by atoms with Crippen LogP contribution in [0.4, 0.5) is 0 Å². The number of H-pyrrole nitrogens is 1. The van der Waals surface area contributed by atoms with Crippen molar-refractivity contribution in [3.05, 3.63) is 56.7 Å². The molecule has 1 amide bonds. The molecule has 0 spiro atoms. The number of benzene rings is 1. The molecule has 0 radical (unpaired) electrons. The lowest BCUT2D eigenvalue weighted by Gasteiger charge is -2.09. The summed E-state index contributed by atoms with van der Waals surface area (Å²) in [6.45, 7) is 1.72. The molecule has 1 heterocycles. The lowest BCUT2D eigenvalue weighted by Crippen LogP contribution is -2.15. The third-order valence-electron chi connectivity index (χ3n) is 2.50. The van der Waals surface area contributed by atoms with Crippen LogP contribution in [0.15, 0.2) is 29.1 Å². The van der Waals surface area contributed by atoms with E-state index in [1.165, 1.54) is 12.1 Å². The molecule has 6 nitrogen and oxygen atoms in total. The fourth-order valence-corrected chi connectivity index (χ4v) is 1.86. The smallest absolute Gasteiger partial charge is 0.252 e. The van der Waals surface area contributed by atoms with E-state index in [1.807, 2.05) is 0 Å². The highest BCUT2D eigenvalue weighted by Crippen LogP contribution is 2.23. The fraction of sp³-hybridized carbons (Fsp3) is 0.154. The Bertz CT molecular complexity index is 712. The van der Waals surface area contributed by atoms with Crippen molar-refractivity contribution in [1.82, 2.24) is 9.97 Å². The molecular weight excluding hydrogens is 282 g/mol. The number of ether oxygens (including phenoxy) is 1. The summed E-state index contributed by atoms with van der Waals surface area (Å²) in [5.74, 6) is 0.140. The molecule has 0 unspecified atom stereocenters. The maximum atomic E-state index is 11.3. The third kappa shape index (κ3) is 3.36. The average molecular weight is 294 g/mol. The van der Waals surface area contributed by atoms with Gasteiger partial charge in [-0.2, -0.15) is 0 Å². The number of nitrogens with two attached hydrogens (primary N) is 1. The minimum Gasteiger partial charge on any atom is -0.486 e.